The highest BCUT2D eigenvalue weighted by molar-refractivity contribution is 9.13. The zero-order valence-electron chi connectivity index (χ0n) is 11.7. The molecule has 0 spiro atoms. The van der Waals surface area contributed by atoms with Crippen LogP contribution in [-0.2, 0) is 0 Å². The molecule has 1 saturated heterocycles. The molecule has 112 valence electrons. The third-order valence-corrected chi connectivity index (χ3v) is 6.61. The number of nitrogens with zero attached hydrogens (tertiary/aromatic N) is 1. The van der Waals surface area contributed by atoms with Gasteiger partial charge in [0.05, 0.1) is 10.5 Å². The largest absolute Gasteiger partial charge is 0.451 e. The van der Waals surface area contributed by atoms with Gasteiger partial charge in [-0.05, 0) is 76.1 Å². The zero-order valence-corrected chi connectivity index (χ0v) is 14.8. The highest BCUT2D eigenvalue weighted by atomic mass is 79.9. The summed E-state index contributed by atoms with van der Waals surface area (Å²) >= 11 is 6.94. The summed E-state index contributed by atoms with van der Waals surface area (Å²) in [5, 5.41) is 0. The second-order valence-electron chi connectivity index (χ2n) is 6.01. The van der Waals surface area contributed by atoms with Crippen LogP contribution >= 0.6 is 31.9 Å². The van der Waals surface area contributed by atoms with E-state index in [0.717, 1.165) is 27.4 Å². The number of halogens is 2. The Kier molecular flexibility index (Phi) is 4.90. The fourth-order valence-corrected chi connectivity index (χ4v) is 4.60. The summed E-state index contributed by atoms with van der Waals surface area (Å²) in [6.45, 7) is 1.77. The van der Waals surface area contributed by atoms with Gasteiger partial charge in [0, 0.05) is 12.6 Å². The smallest absolute Gasteiger partial charge is 0.183 e. The Labute approximate surface area is 137 Å². The Morgan fingerprint density at radius 2 is 2.00 bits per heavy atom. The standard InChI is InChI=1S/C15H22Br2N2O/c16-11-8-14(20-15(11)17)13(9-18)19-7-3-5-10-4-1-2-6-12(10)19/h8,10,12-13H,1-7,9,18H2/t10-,12-,13?/m1/s1. The monoisotopic (exact) mass is 404 g/mol. The minimum Gasteiger partial charge on any atom is -0.451 e. The van der Waals surface area contributed by atoms with Crippen molar-refractivity contribution in [3.8, 4) is 0 Å². The summed E-state index contributed by atoms with van der Waals surface area (Å²) in [7, 11) is 0. The fourth-order valence-electron chi connectivity index (χ4n) is 3.99. The quantitative estimate of drug-likeness (QED) is 0.807. The average molecular weight is 406 g/mol. The van der Waals surface area contributed by atoms with Gasteiger partial charge in [-0.2, -0.15) is 0 Å². The van der Waals surface area contributed by atoms with Crippen LogP contribution in [0.3, 0.4) is 0 Å². The van der Waals surface area contributed by atoms with E-state index in [-0.39, 0.29) is 6.04 Å². The minimum absolute atomic E-state index is 0.212. The molecule has 1 aromatic rings. The van der Waals surface area contributed by atoms with Crippen LogP contribution in [0.5, 0.6) is 0 Å². The molecule has 0 radical (unpaired) electrons. The van der Waals surface area contributed by atoms with E-state index in [1.165, 1.54) is 38.5 Å². The number of furan rings is 1. The maximum absolute atomic E-state index is 6.08. The van der Waals surface area contributed by atoms with Gasteiger partial charge in [-0.25, -0.2) is 0 Å². The van der Waals surface area contributed by atoms with Gasteiger partial charge in [0.2, 0.25) is 0 Å². The Bertz CT molecular complexity index is 441. The first kappa shape index (κ1) is 15.1. The molecule has 3 rings (SSSR count). The van der Waals surface area contributed by atoms with Gasteiger partial charge in [-0.1, -0.05) is 12.8 Å². The molecule has 20 heavy (non-hydrogen) atoms. The molecule has 2 N–H and O–H groups in total. The van der Waals surface area contributed by atoms with Crippen molar-refractivity contribution in [3.63, 3.8) is 0 Å². The van der Waals surface area contributed by atoms with Crippen LogP contribution in [0.4, 0.5) is 0 Å². The molecule has 2 fully saturated rings. The minimum atomic E-state index is 0.212. The Morgan fingerprint density at radius 3 is 2.70 bits per heavy atom. The van der Waals surface area contributed by atoms with E-state index < -0.39 is 0 Å². The van der Waals surface area contributed by atoms with Gasteiger partial charge in [0.1, 0.15) is 5.76 Å². The van der Waals surface area contributed by atoms with Crippen molar-refractivity contribution >= 4 is 31.9 Å². The zero-order chi connectivity index (χ0) is 14.1. The van der Waals surface area contributed by atoms with Crippen molar-refractivity contribution in [2.24, 2.45) is 11.7 Å². The molecular formula is C15H22Br2N2O. The Hall–Kier alpha value is 0.160. The van der Waals surface area contributed by atoms with E-state index in [2.05, 4.69) is 42.8 Å². The van der Waals surface area contributed by atoms with E-state index in [9.17, 15) is 0 Å². The number of likely N-dealkylation sites (tertiary alicyclic amines) is 1. The predicted octanol–water partition coefficient (Wildman–Crippen LogP) is 4.46. The van der Waals surface area contributed by atoms with Crippen LogP contribution in [-0.4, -0.2) is 24.0 Å². The van der Waals surface area contributed by atoms with E-state index in [4.69, 9.17) is 10.2 Å². The molecule has 0 amide bonds. The first-order valence-electron chi connectivity index (χ1n) is 7.61. The lowest BCUT2D eigenvalue weighted by atomic mass is 9.77. The first-order valence-corrected chi connectivity index (χ1v) is 9.20. The van der Waals surface area contributed by atoms with Crippen LogP contribution < -0.4 is 5.73 Å². The molecule has 3 nitrogen and oxygen atoms in total. The summed E-state index contributed by atoms with van der Waals surface area (Å²) in [5.41, 5.74) is 6.08. The van der Waals surface area contributed by atoms with Crippen LogP contribution in [0.1, 0.15) is 50.3 Å². The predicted molar refractivity (Wildman–Crippen MR) is 87.6 cm³/mol. The van der Waals surface area contributed by atoms with Gasteiger partial charge >= 0.3 is 0 Å². The maximum atomic E-state index is 6.08. The van der Waals surface area contributed by atoms with Gasteiger partial charge in [0.25, 0.3) is 0 Å². The van der Waals surface area contributed by atoms with Gasteiger partial charge in [0.15, 0.2) is 4.67 Å². The van der Waals surface area contributed by atoms with Crippen molar-refractivity contribution < 1.29 is 4.42 Å². The van der Waals surface area contributed by atoms with E-state index >= 15 is 0 Å². The van der Waals surface area contributed by atoms with Crippen molar-refractivity contribution in [1.29, 1.82) is 0 Å². The summed E-state index contributed by atoms with van der Waals surface area (Å²) in [4.78, 5) is 2.62. The molecular weight excluding hydrogens is 384 g/mol. The van der Waals surface area contributed by atoms with Crippen molar-refractivity contribution in [3.05, 3.63) is 21.0 Å². The van der Waals surface area contributed by atoms with Crippen molar-refractivity contribution in [2.75, 3.05) is 13.1 Å². The lowest BCUT2D eigenvalue weighted by molar-refractivity contribution is 0.0205. The molecule has 0 bridgehead atoms. The second kappa shape index (κ2) is 6.51. The summed E-state index contributed by atoms with van der Waals surface area (Å²) < 4.78 is 7.59. The lowest BCUT2D eigenvalue weighted by Gasteiger charge is -2.47. The maximum Gasteiger partial charge on any atom is 0.183 e. The molecule has 1 aliphatic carbocycles. The van der Waals surface area contributed by atoms with Crippen LogP contribution in [0.25, 0.3) is 0 Å². The molecule has 0 aromatic carbocycles. The van der Waals surface area contributed by atoms with Gasteiger partial charge < -0.3 is 10.2 Å². The van der Waals surface area contributed by atoms with Gasteiger partial charge in [-0.3, -0.25) is 4.90 Å². The fraction of sp³-hybridized carbons (Fsp3) is 0.733. The lowest BCUT2D eigenvalue weighted by Crippen LogP contribution is -2.49. The third kappa shape index (κ3) is 2.87. The topological polar surface area (TPSA) is 42.4 Å². The highest BCUT2D eigenvalue weighted by Gasteiger charge is 2.37. The van der Waals surface area contributed by atoms with E-state index in [1.54, 1.807) is 0 Å². The number of rotatable bonds is 3. The van der Waals surface area contributed by atoms with Gasteiger partial charge in [-0.15, -0.1) is 0 Å². The molecule has 1 aromatic heterocycles. The Morgan fingerprint density at radius 1 is 1.25 bits per heavy atom. The normalized spacial score (nSPS) is 29.1. The molecule has 3 atom stereocenters. The molecule has 2 heterocycles. The average Bonchev–Trinajstić information content (AvgIpc) is 2.79. The van der Waals surface area contributed by atoms with Crippen LogP contribution in [0, 0.1) is 5.92 Å². The number of nitrogens with two attached hydrogens (primary N) is 1. The number of hydrogen-bond acceptors (Lipinski definition) is 3. The summed E-state index contributed by atoms with van der Waals surface area (Å²) in [5.74, 6) is 1.85. The van der Waals surface area contributed by atoms with E-state index in [0.29, 0.717) is 12.6 Å². The number of hydrogen-bond donors (Lipinski definition) is 1. The number of fused-ring (bicyclic) bond motifs is 1. The summed E-state index contributed by atoms with van der Waals surface area (Å²) in [6.07, 6.45) is 8.17. The molecule has 1 unspecified atom stereocenters. The van der Waals surface area contributed by atoms with Crippen LogP contribution in [0.15, 0.2) is 19.6 Å². The first-order chi connectivity index (χ1) is 9.70. The van der Waals surface area contributed by atoms with Crippen LogP contribution in [0.2, 0.25) is 0 Å². The summed E-state index contributed by atoms with van der Waals surface area (Å²) in [6, 6.07) is 2.98. The number of piperidine rings is 1. The third-order valence-electron chi connectivity index (χ3n) is 4.90. The van der Waals surface area contributed by atoms with Crippen molar-refractivity contribution in [2.45, 2.75) is 50.6 Å². The molecule has 5 heteroatoms. The second-order valence-corrected chi connectivity index (χ2v) is 7.59. The molecule has 2 aliphatic rings. The molecule has 1 aliphatic heterocycles. The highest BCUT2D eigenvalue weighted by Crippen LogP contribution is 2.40. The van der Waals surface area contributed by atoms with Crippen molar-refractivity contribution in [1.82, 2.24) is 4.90 Å². The molecule has 1 saturated carbocycles. The SMILES string of the molecule is NCC(c1cc(Br)c(Br)o1)N1CCC[C@H]2CCCC[C@H]21. The Balaban J connectivity index is 1.83. The van der Waals surface area contributed by atoms with E-state index in [1.807, 2.05) is 0 Å².